The smallest absolute Gasteiger partial charge is 0.264 e. The van der Waals surface area contributed by atoms with Gasteiger partial charge in [-0.1, -0.05) is 75.4 Å². The zero-order valence-corrected chi connectivity index (χ0v) is 19.8. The van der Waals surface area contributed by atoms with Crippen LogP contribution in [0.1, 0.15) is 43.4 Å². The first-order valence-electron chi connectivity index (χ1n) is 10.8. The summed E-state index contributed by atoms with van der Waals surface area (Å²) in [5.41, 5.74) is 4.08. The van der Waals surface area contributed by atoms with Crippen molar-refractivity contribution in [3.63, 3.8) is 0 Å². The summed E-state index contributed by atoms with van der Waals surface area (Å²) >= 11 is 0. The van der Waals surface area contributed by atoms with Crippen LogP contribution < -0.4 is 9.62 Å². The van der Waals surface area contributed by atoms with Crippen molar-refractivity contribution in [2.24, 2.45) is 0 Å². The molecule has 1 N–H and O–H groups in total. The van der Waals surface area contributed by atoms with E-state index < -0.39 is 10.0 Å². The van der Waals surface area contributed by atoms with Gasteiger partial charge in [-0.3, -0.25) is 9.10 Å². The molecule has 6 heteroatoms. The van der Waals surface area contributed by atoms with E-state index in [1.807, 2.05) is 44.2 Å². The molecule has 0 aliphatic heterocycles. The first-order chi connectivity index (χ1) is 15.3. The minimum Gasteiger partial charge on any atom is -0.324 e. The van der Waals surface area contributed by atoms with Crippen LogP contribution in [0.3, 0.4) is 0 Å². The van der Waals surface area contributed by atoms with Crippen molar-refractivity contribution in [3.05, 3.63) is 89.5 Å². The molecule has 1 amide bonds. The Labute approximate surface area is 191 Å². The van der Waals surface area contributed by atoms with Crippen molar-refractivity contribution < 1.29 is 13.2 Å². The largest absolute Gasteiger partial charge is 0.324 e. The Morgan fingerprint density at radius 2 is 1.59 bits per heavy atom. The van der Waals surface area contributed by atoms with Crippen LogP contribution in [0.4, 0.5) is 11.4 Å². The molecule has 0 radical (unpaired) electrons. The minimum absolute atomic E-state index is 0.150. The molecule has 0 aliphatic carbocycles. The van der Waals surface area contributed by atoms with E-state index in [0.717, 1.165) is 22.4 Å². The Morgan fingerprint density at radius 1 is 0.938 bits per heavy atom. The second kappa shape index (κ2) is 10.0. The highest BCUT2D eigenvalue weighted by molar-refractivity contribution is 7.92. The molecule has 0 saturated carbocycles. The SMILES string of the molecule is CCc1ccccc1N(CC(=O)Nc1c(C)cccc1C(C)C)S(=O)(=O)c1ccccc1. The van der Waals surface area contributed by atoms with Crippen molar-refractivity contribution >= 4 is 27.3 Å². The predicted molar refractivity (Wildman–Crippen MR) is 131 cm³/mol. The number of para-hydroxylation sites is 2. The Hall–Kier alpha value is -3.12. The number of aryl methyl sites for hydroxylation is 2. The molecule has 3 aromatic rings. The molecule has 0 heterocycles. The molecule has 32 heavy (non-hydrogen) atoms. The highest BCUT2D eigenvalue weighted by atomic mass is 32.2. The molecule has 0 aromatic heterocycles. The first-order valence-corrected chi connectivity index (χ1v) is 12.2. The molecule has 5 nitrogen and oxygen atoms in total. The topological polar surface area (TPSA) is 66.5 Å². The lowest BCUT2D eigenvalue weighted by Gasteiger charge is -2.26. The van der Waals surface area contributed by atoms with Gasteiger partial charge in [0.05, 0.1) is 10.6 Å². The fourth-order valence-corrected chi connectivity index (χ4v) is 5.20. The summed E-state index contributed by atoms with van der Waals surface area (Å²) < 4.78 is 28.4. The summed E-state index contributed by atoms with van der Waals surface area (Å²) in [6.45, 7) is 7.71. The van der Waals surface area contributed by atoms with Crippen LogP contribution in [-0.2, 0) is 21.2 Å². The van der Waals surface area contributed by atoms with Crippen LogP contribution in [-0.4, -0.2) is 20.9 Å². The minimum atomic E-state index is -3.94. The monoisotopic (exact) mass is 450 g/mol. The maximum absolute atomic E-state index is 13.6. The average Bonchev–Trinajstić information content (AvgIpc) is 2.79. The summed E-state index contributed by atoms with van der Waals surface area (Å²) in [5, 5.41) is 2.98. The Kier molecular flexibility index (Phi) is 7.36. The van der Waals surface area contributed by atoms with Crippen molar-refractivity contribution in [2.75, 3.05) is 16.2 Å². The lowest BCUT2D eigenvalue weighted by Crippen LogP contribution is -2.39. The molecular formula is C26H30N2O3S. The summed E-state index contributed by atoms with van der Waals surface area (Å²) in [6.07, 6.45) is 0.647. The first kappa shape index (κ1) is 23.5. The molecular weight excluding hydrogens is 420 g/mol. The zero-order chi connectivity index (χ0) is 23.3. The predicted octanol–water partition coefficient (Wildman–Crippen LogP) is 5.51. The number of nitrogens with zero attached hydrogens (tertiary/aromatic N) is 1. The van der Waals surface area contributed by atoms with Crippen molar-refractivity contribution in [2.45, 2.75) is 44.9 Å². The number of rotatable bonds is 8. The third-order valence-electron chi connectivity index (χ3n) is 5.45. The van der Waals surface area contributed by atoms with Gasteiger partial charge < -0.3 is 5.32 Å². The molecule has 0 fully saturated rings. The molecule has 3 aromatic carbocycles. The molecule has 168 valence electrons. The number of hydrogen-bond acceptors (Lipinski definition) is 3. The van der Waals surface area contributed by atoms with E-state index >= 15 is 0 Å². The van der Waals surface area contributed by atoms with Crippen LogP contribution in [0.5, 0.6) is 0 Å². The second-order valence-electron chi connectivity index (χ2n) is 8.05. The number of carbonyl (C=O) groups is 1. The summed E-state index contributed by atoms with van der Waals surface area (Å²) in [5.74, 6) is -0.165. The van der Waals surface area contributed by atoms with Crippen molar-refractivity contribution in [1.29, 1.82) is 0 Å². The highest BCUT2D eigenvalue weighted by Crippen LogP contribution is 2.30. The number of benzene rings is 3. The van der Waals surface area contributed by atoms with E-state index in [1.54, 1.807) is 42.5 Å². The zero-order valence-electron chi connectivity index (χ0n) is 19.0. The van der Waals surface area contributed by atoms with Gasteiger partial charge in [-0.2, -0.15) is 0 Å². The van der Waals surface area contributed by atoms with Crippen LogP contribution in [0.25, 0.3) is 0 Å². The maximum Gasteiger partial charge on any atom is 0.264 e. The number of sulfonamides is 1. The third-order valence-corrected chi connectivity index (χ3v) is 7.23. The van der Waals surface area contributed by atoms with E-state index in [9.17, 15) is 13.2 Å². The van der Waals surface area contributed by atoms with E-state index in [4.69, 9.17) is 0 Å². The van der Waals surface area contributed by atoms with E-state index in [2.05, 4.69) is 19.2 Å². The van der Waals surface area contributed by atoms with E-state index in [1.165, 1.54) is 4.31 Å². The molecule has 3 rings (SSSR count). The quantitative estimate of drug-likeness (QED) is 0.492. The fraction of sp³-hybridized carbons (Fsp3) is 0.269. The van der Waals surface area contributed by atoms with Crippen LogP contribution in [0.2, 0.25) is 0 Å². The van der Waals surface area contributed by atoms with Gasteiger partial charge in [-0.25, -0.2) is 8.42 Å². The highest BCUT2D eigenvalue weighted by Gasteiger charge is 2.28. The maximum atomic E-state index is 13.6. The molecule has 0 bridgehead atoms. The van der Waals surface area contributed by atoms with Gasteiger partial charge in [0.25, 0.3) is 10.0 Å². The molecule has 0 unspecified atom stereocenters. The number of amides is 1. The van der Waals surface area contributed by atoms with Crippen molar-refractivity contribution in [3.8, 4) is 0 Å². The van der Waals surface area contributed by atoms with Crippen molar-refractivity contribution in [1.82, 2.24) is 0 Å². The average molecular weight is 451 g/mol. The lowest BCUT2D eigenvalue weighted by atomic mass is 9.98. The van der Waals surface area contributed by atoms with E-state index in [0.29, 0.717) is 12.1 Å². The fourth-order valence-electron chi connectivity index (χ4n) is 3.72. The summed E-state index contributed by atoms with van der Waals surface area (Å²) in [4.78, 5) is 13.3. The Morgan fingerprint density at radius 3 is 2.25 bits per heavy atom. The summed E-state index contributed by atoms with van der Waals surface area (Å²) in [7, 11) is -3.94. The molecule has 0 saturated heterocycles. The van der Waals surface area contributed by atoms with E-state index in [-0.39, 0.29) is 23.3 Å². The second-order valence-corrected chi connectivity index (χ2v) is 9.91. The van der Waals surface area contributed by atoms with Gasteiger partial charge in [-0.15, -0.1) is 0 Å². The van der Waals surface area contributed by atoms with Crippen LogP contribution in [0.15, 0.2) is 77.7 Å². The van der Waals surface area contributed by atoms with Gasteiger partial charge in [0.15, 0.2) is 0 Å². The Bertz CT molecular complexity index is 1190. The molecule has 0 aliphatic rings. The normalized spacial score (nSPS) is 11.4. The number of anilines is 2. The third kappa shape index (κ3) is 5.02. The molecule has 0 spiro atoms. The molecule has 0 atom stereocenters. The number of carbonyl (C=O) groups excluding carboxylic acids is 1. The van der Waals surface area contributed by atoms with Gasteiger partial charge >= 0.3 is 0 Å². The van der Waals surface area contributed by atoms with Gasteiger partial charge in [-0.05, 0) is 54.2 Å². The lowest BCUT2D eigenvalue weighted by molar-refractivity contribution is -0.114. The number of hydrogen-bond donors (Lipinski definition) is 1. The van der Waals surface area contributed by atoms with Gasteiger partial charge in [0, 0.05) is 5.69 Å². The standard InChI is InChI=1S/C26H30N2O3S/c1-5-21-13-9-10-17-24(21)28(32(30,31)22-14-7-6-8-15-22)18-25(29)27-26-20(4)12-11-16-23(26)19(2)3/h6-17,19H,5,18H2,1-4H3,(H,27,29). The van der Waals surface area contributed by atoms with Crippen LogP contribution >= 0.6 is 0 Å². The summed E-state index contributed by atoms with van der Waals surface area (Å²) in [6, 6.07) is 21.4. The van der Waals surface area contributed by atoms with Gasteiger partial charge in [0.2, 0.25) is 5.91 Å². The van der Waals surface area contributed by atoms with Crippen LogP contribution in [0, 0.1) is 6.92 Å². The Balaban J connectivity index is 2.02. The van der Waals surface area contributed by atoms with Gasteiger partial charge in [0.1, 0.15) is 6.54 Å². The number of nitrogens with one attached hydrogen (secondary N) is 1.